The van der Waals surface area contributed by atoms with Crippen molar-refractivity contribution in [1.82, 2.24) is 10.6 Å². The van der Waals surface area contributed by atoms with Crippen LogP contribution in [0.2, 0.25) is 0 Å². The van der Waals surface area contributed by atoms with Gasteiger partial charge in [-0.25, -0.2) is 4.79 Å². The average molecular weight is 451 g/mol. The highest BCUT2D eigenvalue weighted by Gasteiger charge is 2.38. The molecule has 176 valence electrons. The van der Waals surface area contributed by atoms with Gasteiger partial charge in [-0.1, -0.05) is 55.8 Å². The summed E-state index contributed by atoms with van der Waals surface area (Å²) in [6.45, 7) is 3.71. The molecule has 1 heterocycles. The van der Waals surface area contributed by atoms with Gasteiger partial charge in [0, 0.05) is 24.4 Å². The van der Waals surface area contributed by atoms with Gasteiger partial charge in [-0.3, -0.25) is 4.79 Å². The third kappa shape index (κ3) is 5.49. The molecular formula is C27H34N2O4. The fraction of sp³-hybridized carbons (Fsp3) is 0.481. The summed E-state index contributed by atoms with van der Waals surface area (Å²) in [5, 5.41) is 6.22. The Morgan fingerprint density at radius 2 is 1.88 bits per heavy atom. The third-order valence-electron chi connectivity index (χ3n) is 6.93. The van der Waals surface area contributed by atoms with E-state index >= 15 is 0 Å². The van der Waals surface area contributed by atoms with Crippen molar-refractivity contribution in [1.29, 1.82) is 0 Å². The van der Waals surface area contributed by atoms with Gasteiger partial charge in [0.25, 0.3) is 5.91 Å². The Labute approximate surface area is 196 Å². The summed E-state index contributed by atoms with van der Waals surface area (Å²) in [6, 6.07) is 16.3. The molecule has 0 radical (unpaired) electrons. The first-order valence-electron chi connectivity index (χ1n) is 12.1. The molecule has 4 rings (SSSR count). The minimum absolute atomic E-state index is 0.0937. The molecule has 6 heteroatoms. The maximum Gasteiger partial charge on any atom is 0.407 e. The normalized spacial score (nSPS) is 21.5. The summed E-state index contributed by atoms with van der Waals surface area (Å²) in [7, 11) is 0. The van der Waals surface area contributed by atoms with E-state index < -0.39 is 0 Å². The van der Waals surface area contributed by atoms with Gasteiger partial charge in [-0.2, -0.15) is 0 Å². The monoisotopic (exact) mass is 450 g/mol. The van der Waals surface area contributed by atoms with Crippen molar-refractivity contribution in [2.24, 2.45) is 0 Å². The second kappa shape index (κ2) is 10.7. The Balaban J connectivity index is 1.41. The lowest BCUT2D eigenvalue weighted by molar-refractivity contribution is 0.0931. The zero-order chi connectivity index (χ0) is 23.1. The van der Waals surface area contributed by atoms with Crippen LogP contribution in [0.4, 0.5) is 4.79 Å². The first-order valence-corrected chi connectivity index (χ1v) is 12.1. The minimum Gasteiger partial charge on any atom is -0.492 e. The highest BCUT2D eigenvalue weighted by Crippen LogP contribution is 2.39. The molecule has 0 atom stereocenters. The van der Waals surface area contributed by atoms with Gasteiger partial charge in [-0.05, 0) is 49.3 Å². The minimum atomic E-state index is -0.327. The lowest BCUT2D eigenvalue weighted by atomic mass is 9.68. The van der Waals surface area contributed by atoms with Crippen molar-refractivity contribution in [3.05, 3.63) is 65.2 Å². The van der Waals surface area contributed by atoms with E-state index in [4.69, 9.17) is 9.47 Å². The molecule has 0 unspecified atom stereocenters. The van der Waals surface area contributed by atoms with E-state index in [0.717, 1.165) is 56.3 Å². The molecule has 2 aromatic carbocycles. The van der Waals surface area contributed by atoms with Gasteiger partial charge in [0.2, 0.25) is 0 Å². The lowest BCUT2D eigenvalue weighted by Gasteiger charge is -2.41. The second-order valence-corrected chi connectivity index (χ2v) is 9.13. The van der Waals surface area contributed by atoms with Crippen molar-refractivity contribution >= 4 is 12.0 Å². The van der Waals surface area contributed by atoms with Crippen LogP contribution in [0.25, 0.3) is 0 Å². The predicted molar refractivity (Wildman–Crippen MR) is 128 cm³/mol. The van der Waals surface area contributed by atoms with E-state index in [9.17, 15) is 9.59 Å². The number of fused-ring (bicyclic) bond motifs is 1. The van der Waals surface area contributed by atoms with Crippen LogP contribution in [0.3, 0.4) is 0 Å². The van der Waals surface area contributed by atoms with E-state index in [1.807, 2.05) is 36.4 Å². The van der Waals surface area contributed by atoms with E-state index in [1.54, 1.807) is 0 Å². The zero-order valence-electron chi connectivity index (χ0n) is 19.4. The van der Waals surface area contributed by atoms with Crippen molar-refractivity contribution in [3.8, 4) is 5.75 Å². The van der Waals surface area contributed by atoms with Crippen LogP contribution in [0.5, 0.6) is 5.75 Å². The highest BCUT2D eigenvalue weighted by molar-refractivity contribution is 5.97. The molecule has 0 aromatic heterocycles. The van der Waals surface area contributed by atoms with E-state index in [-0.39, 0.29) is 23.5 Å². The number of hydrogen-bond donors (Lipinski definition) is 2. The third-order valence-corrected chi connectivity index (χ3v) is 6.93. The maximum atomic E-state index is 13.1. The Kier molecular flexibility index (Phi) is 7.53. The van der Waals surface area contributed by atoms with Crippen LogP contribution in [0, 0.1) is 0 Å². The summed E-state index contributed by atoms with van der Waals surface area (Å²) in [6.07, 6.45) is 5.84. The molecule has 1 saturated carbocycles. The standard InChI is InChI=1S/C27H34N2O4/c1-2-3-17-33-26(31)29-22-12-15-27(16-13-22,21-9-5-4-6-10-21)19-28-25(30)23-11-7-8-20-14-18-32-24(20)23/h4-11,22H,2-3,12-19H2,1H3,(H,28,30)(H,29,31). The molecule has 6 nitrogen and oxygen atoms in total. The van der Waals surface area contributed by atoms with Gasteiger partial charge < -0.3 is 20.1 Å². The van der Waals surface area contributed by atoms with Crippen molar-refractivity contribution in [2.75, 3.05) is 19.8 Å². The molecule has 33 heavy (non-hydrogen) atoms. The van der Waals surface area contributed by atoms with Crippen LogP contribution in [-0.4, -0.2) is 37.8 Å². The summed E-state index contributed by atoms with van der Waals surface area (Å²) in [5.41, 5.74) is 2.76. The molecule has 2 aromatic rings. The largest absolute Gasteiger partial charge is 0.492 e. The van der Waals surface area contributed by atoms with Crippen molar-refractivity contribution in [2.45, 2.75) is 63.3 Å². The Morgan fingerprint density at radius 1 is 1.09 bits per heavy atom. The second-order valence-electron chi connectivity index (χ2n) is 9.13. The molecule has 1 fully saturated rings. The molecule has 2 amide bonds. The fourth-order valence-electron chi connectivity index (χ4n) is 4.93. The number of nitrogens with one attached hydrogen (secondary N) is 2. The van der Waals surface area contributed by atoms with Gasteiger partial charge in [0.1, 0.15) is 5.75 Å². The number of benzene rings is 2. The van der Waals surface area contributed by atoms with Crippen molar-refractivity contribution < 1.29 is 19.1 Å². The van der Waals surface area contributed by atoms with Crippen LogP contribution in [-0.2, 0) is 16.6 Å². The van der Waals surface area contributed by atoms with Crippen LogP contribution in [0.1, 0.15) is 66.9 Å². The van der Waals surface area contributed by atoms with Crippen molar-refractivity contribution in [3.63, 3.8) is 0 Å². The van der Waals surface area contributed by atoms with Crippen LogP contribution < -0.4 is 15.4 Å². The molecule has 0 spiro atoms. The fourth-order valence-corrected chi connectivity index (χ4v) is 4.93. The number of amides is 2. The Morgan fingerprint density at radius 3 is 2.64 bits per heavy atom. The maximum absolute atomic E-state index is 13.1. The molecule has 1 aliphatic carbocycles. The average Bonchev–Trinajstić information content (AvgIpc) is 3.33. The quantitative estimate of drug-likeness (QED) is 0.569. The first-order chi connectivity index (χ1) is 16.1. The molecular weight excluding hydrogens is 416 g/mol. The highest BCUT2D eigenvalue weighted by atomic mass is 16.5. The number of alkyl carbamates (subject to hydrolysis) is 1. The molecule has 2 N–H and O–H groups in total. The summed E-state index contributed by atoms with van der Waals surface area (Å²) < 4.78 is 11.0. The van der Waals surface area contributed by atoms with E-state index in [0.29, 0.717) is 25.3 Å². The number of carbonyl (C=O) groups is 2. The smallest absolute Gasteiger partial charge is 0.407 e. The Bertz CT molecular complexity index is 952. The predicted octanol–water partition coefficient (Wildman–Crippen LogP) is 4.76. The number of ether oxygens (including phenoxy) is 2. The van der Waals surface area contributed by atoms with Crippen LogP contribution in [0.15, 0.2) is 48.5 Å². The topological polar surface area (TPSA) is 76.7 Å². The van der Waals surface area contributed by atoms with E-state index in [2.05, 4.69) is 29.7 Å². The van der Waals surface area contributed by atoms with Gasteiger partial charge in [-0.15, -0.1) is 0 Å². The number of hydrogen-bond acceptors (Lipinski definition) is 4. The van der Waals surface area contributed by atoms with Crippen LogP contribution >= 0.6 is 0 Å². The summed E-state index contributed by atoms with van der Waals surface area (Å²) in [4.78, 5) is 25.2. The summed E-state index contributed by atoms with van der Waals surface area (Å²) >= 11 is 0. The number of rotatable bonds is 8. The zero-order valence-corrected chi connectivity index (χ0v) is 19.4. The summed E-state index contributed by atoms with van der Waals surface area (Å²) in [5.74, 6) is 0.627. The van der Waals surface area contributed by atoms with Gasteiger partial charge in [0.15, 0.2) is 0 Å². The number of unbranched alkanes of at least 4 members (excludes halogenated alkanes) is 1. The van der Waals surface area contributed by atoms with Gasteiger partial charge >= 0.3 is 6.09 Å². The number of carbonyl (C=O) groups excluding carboxylic acids is 2. The first kappa shape index (κ1) is 23.1. The molecule has 0 saturated heterocycles. The molecule has 0 bridgehead atoms. The van der Waals surface area contributed by atoms with E-state index in [1.165, 1.54) is 5.56 Å². The molecule has 2 aliphatic rings. The SMILES string of the molecule is CCCCOC(=O)NC1CCC(CNC(=O)c2cccc3c2OCC3)(c2ccccc2)CC1. The number of para-hydroxylation sites is 1. The van der Waals surface area contributed by atoms with Gasteiger partial charge in [0.05, 0.1) is 18.8 Å². The molecule has 1 aliphatic heterocycles. The lowest BCUT2D eigenvalue weighted by Crippen LogP contribution is -2.47. The Hall–Kier alpha value is -3.02.